The summed E-state index contributed by atoms with van der Waals surface area (Å²) >= 11 is 0. The van der Waals surface area contributed by atoms with Gasteiger partial charge in [0.2, 0.25) is 5.95 Å². The Labute approximate surface area is 198 Å². The fourth-order valence-electron chi connectivity index (χ4n) is 3.75. The largest absolute Gasteiger partial charge is 0.416 e. The standard InChI is InChI=1S/C25H20F3N7/c1-15-5-4-6-16(13-15)21-20-22(29)35(19-10-8-17(9-11-19)25(26,27)28)34-23(20)33-24(32-21)31-14-18-7-2-3-12-30-18/h2-13H,14,29H2,1H3,(H,31,33,34). The minimum Gasteiger partial charge on any atom is -0.383 e. The Morgan fingerprint density at radius 3 is 2.46 bits per heavy atom. The van der Waals surface area contributed by atoms with Gasteiger partial charge in [-0.15, -0.1) is 5.10 Å². The Balaban J connectivity index is 1.62. The Morgan fingerprint density at radius 2 is 1.77 bits per heavy atom. The number of hydrogen-bond acceptors (Lipinski definition) is 6. The number of pyridine rings is 1. The van der Waals surface area contributed by atoms with Gasteiger partial charge >= 0.3 is 6.18 Å². The van der Waals surface area contributed by atoms with E-state index in [9.17, 15) is 13.2 Å². The zero-order valence-electron chi connectivity index (χ0n) is 18.6. The van der Waals surface area contributed by atoms with Crippen LogP contribution in [0.2, 0.25) is 0 Å². The van der Waals surface area contributed by atoms with Gasteiger partial charge in [0, 0.05) is 11.8 Å². The molecule has 10 heteroatoms. The first-order valence-electron chi connectivity index (χ1n) is 10.7. The third kappa shape index (κ3) is 4.50. The zero-order valence-corrected chi connectivity index (χ0v) is 18.6. The lowest BCUT2D eigenvalue weighted by Crippen LogP contribution is -2.06. The molecule has 0 unspecified atom stereocenters. The number of nitrogen functional groups attached to an aromatic ring is 1. The number of nitrogens with zero attached hydrogens (tertiary/aromatic N) is 5. The molecule has 7 nitrogen and oxygen atoms in total. The molecule has 0 spiro atoms. The minimum absolute atomic E-state index is 0.229. The maximum Gasteiger partial charge on any atom is 0.416 e. The number of fused-ring (bicyclic) bond motifs is 1. The van der Waals surface area contributed by atoms with Crippen molar-refractivity contribution in [2.45, 2.75) is 19.6 Å². The van der Waals surface area contributed by atoms with Crippen molar-refractivity contribution in [2.24, 2.45) is 0 Å². The van der Waals surface area contributed by atoms with E-state index in [0.29, 0.717) is 34.9 Å². The molecule has 0 aliphatic heterocycles. The zero-order chi connectivity index (χ0) is 24.6. The number of benzene rings is 2. The first-order valence-corrected chi connectivity index (χ1v) is 10.7. The third-order valence-electron chi connectivity index (χ3n) is 5.45. The smallest absolute Gasteiger partial charge is 0.383 e. The van der Waals surface area contributed by atoms with Gasteiger partial charge < -0.3 is 11.1 Å². The summed E-state index contributed by atoms with van der Waals surface area (Å²) in [6.45, 7) is 2.37. The van der Waals surface area contributed by atoms with Crippen molar-refractivity contribution < 1.29 is 13.2 Å². The third-order valence-corrected chi connectivity index (χ3v) is 5.45. The lowest BCUT2D eigenvalue weighted by atomic mass is 10.1. The number of halogens is 3. The van der Waals surface area contributed by atoms with Crippen molar-refractivity contribution >= 4 is 22.8 Å². The van der Waals surface area contributed by atoms with Crippen molar-refractivity contribution in [3.63, 3.8) is 0 Å². The fraction of sp³-hybridized carbons (Fsp3) is 0.120. The van der Waals surface area contributed by atoms with Gasteiger partial charge in [-0.05, 0) is 49.4 Å². The summed E-state index contributed by atoms with van der Waals surface area (Å²) < 4.78 is 40.4. The van der Waals surface area contributed by atoms with Crippen molar-refractivity contribution in [1.82, 2.24) is 24.7 Å². The van der Waals surface area contributed by atoms with Crippen molar-refractivity contribution in [3.05, 3.63) is 89.7 Å². The number of aromatic nitrogens is 5. The van der Waals surface area contributed by atoms with Crippen LogP contribution in [0.4, 0.5) is 24.9 Å². The SMILES string of the molecule is Cc1cccc(-c2nc(NCc3ccccn3)nc3nn(-c4ccc(C(F)(F)F)cc4)c(N)c23)c1. The van der Waals surface area contributed by atoms with E-state index in [2.05, 4.69) is 20.4 Å². The average Bonchev–Trinajstić information content (AvgIpc) is 3.18. The Kier molecular flexibility index (Phi) is 5.56. The highest BCUT2D eigenvalue weighted by atomic mass is 19.4. The highest BCUT2D eigenvalue weighted by Gasteiger charge is 2.30. The summed E-state index contributed by atoms with van der Waals surface area (Å²) in [5, 5.41) is 8.19. The van der Waals surface area contributed by atoms with E-state index in [0.717, 1.165) is 29.0 Å². The Bertz CT molecular complexity index is 1490. The molecule has 0 fully saturated rings. The van der Waals surface area contributed by atoms with Gasteiger partial charge in [0.15, 0.2) is 5.65 Å². The van der Waals surface area contributed by atoms with Gasteiger partial charge in [-0.3, -0.25) is 4.98 Å². The molecule has 3 N–H and O–H groups in total. The highest BCUT2D eigenvalue weighted by molar-refractivity contribution is 5.99. The van der Waals surface area contributed by atoms with Crippen molar-refractivity contribution in [1.29, 1.82) is 0 Å². The maximum atomic E-state index is 13.0. The number of hydrogen-bond donors (Lipinski definition) is 2. The van der Waals surface area contributed by atoms with Crippen LogP contribution < -0.4 is 11.1 Å². The molecule has 5 rings (SSSR count). The molecule has 0 aliphatic carbocycles. The monoisotopic (exact) mass is 475 g/mol. The Morgan fingerprint density at radius 1 is 0.971 bits per heavy atom. The molecular weight excluding hydrogens is 455 g/mol. The fourth-order valence-corrected chi connectivity index (χ4v) is 3.75. The molecule has 0 saturated carbocycles. The predicted octanol–water partition coefficient (Wildman–Crippen LogP) is 5.40. The van der Waals surface area contributed by atoms with Crippen molar-refractivity contribution in [3.8, 4) is 16.9 Å². The summed E-state index contributed by atoms with van der Waals surface area (Å²) in [6.07, 6.45) is -2.73. The molecule has 3 heterocycles. The van der Waals surface area contributed by atoms with Gasteiger partial charge in [0.1, 0.15) is 5.82 Å². The summed E-state index contributed by atoms with van der Waals surface area (Å²) in [5.41, 5.74) is 9.63. The summed E-state index contributed by atoms with van der Waals surface area (Å²) in [5.74, 6) is 0.560. The minimum atomic E-state index is -4.43. The second-order valence-electron chi connectivity index (χ2n) is 7.98. The molecule has 0 saturated heterocycles. The number of nitrogens with two attached hydrogens (primary N) is 1. The summed E-state index contributed by atoms with van der Waals surface area (Å²) in [6, 6.07) is 18.0. The van der Waals surface area contributed by atoms with Crippen molar-refractivity contribution in [2.75, 3.05) is 11.1 Å². The molecule has 2 aromatic carbocycles. The summed E-state index contributed by atoms with van der Waals surface area (Å²) in [7, 11) is 0. The van der Waals surface area contributed by atoms with Crippen LogP contribution in [0.1, 0.15) is 16.8 Å². The molecule has 35 heavy (non-hydrogen) atoms. The lowest BCUT2D eigenvalue weighted by Gasteiger charge is -2.09. The molecule has 0 amide bonds. The van der Waals surface area contributed by atoms with E-state index in [1.807, 2.05) is 49.4 Å². The molecular formula is C25H20F3N7. The number of aryl methyl sites for hydroxylation is 1. The molecule has 5 aromatic rings. The van der Waals surface area contributed by atoms with E-state index in [1.165, 1.54) is 16.8 Å². The second-order valence-corrected chi connectivity index (χ2v) is 7.98. The molecule has 176 valence electrons. The lowest BCUT2D eigenvalue weighted by molar-refractivity contribution is -0.137. The molecule has 0 atom stereocenters. The van der Waals surface area contributed by atoms with E-state index in [1.54, 1.807) is 6.20 Å². The normalized spacial score (nSPS) is 11.7. The highest BCUT2D eigenvalue weighted by Crippen LogP contribution is 2.34. The van der Waals surface area contributed by atoms with Gasteiger partial charge in [-0.1, -0.05) is 29.8 Å². The van der Waals surface area contributed by atoms with E-state index in [-0.39, 0.29) is 5.82 Å². The van der Waals surface area contributed by atoms with Crippen LogP contribution in [-0.2, 0) is 12.7 Å². The quantitative estimate of drug-likeness (QED) is 0.354. The van der Waals surface area contributed by atoms with Gasteiger partial charge in [0.05, 0.1) is 34.6 Å². The van der Waals surface area contributed by atoms with E-state index >= 15 is 0 Å². The first kappa shape index (κ1) is 22.3. The maximum absolute atomic E-state index is 13.0. The second kappa shape index (κ2) is 8.71. The van der Waals surface area contributed by atoms with Gasteiger partial charge in [-0.2, -0.15) is 18.2 Å². The van der Waals surface area contributed by atoms with E-state index in [4.69, 9.17) is 10.7 Å². The number of rotatable bonds is 5. The van der Waals surface area contributed by atoms with E-state index < -0.39 is 11.7 Å². The van der Waals surface area contributed by atoms with Crippen LogP contribution in [0.5, 0.6) is 0 Å². The number of alkyl halides is 3. The van der Waals surface area contributed by atoms with Crippen LogP contribution in [0.25, 0.3) is 28.0 Å². The number of nitrogens with one attached hydrogen (secondary N) is 1. The molecule has 3 aromatic heterocycles. The number of anilines is 2. The predicted molar refractivity (Wildman–Crippen MR) is 128 cm³/mol. The van der Waals surface area contributed by atoms with Crippen LogP contribution in [0.3, 0.4) is 0 Å². The molecule has 0 aliphatic rings. The van der Waals surface area contributed by atoms with Crippen LogP contribution in [0.15, 0.2) is 72.9 Å². The first-order chi connectivity index (χ1) is 16.8. The summed E-state index contributed by atoms with van der Waals surface area (Å²) in [4.78, 5) is 13.5. The van der Waals surface area contributed by atoms with Gasteiger partial charge in [-0.25, -0.2) is 9.67 Å². The molecule has 0 radical (unpaired) electrons. The average molecular weight is 475 g/mol. The molecule has 0 bridgehead atoms. The Hall–Kier alpha value is -4.47. The van der Waals surface area contributed by atoms with Crippen LogP contribution in [0, 0.1) is 6.92 Å². The van der Waals surface area contributed by atoms with Crippen LogP contribution in [-0.4, -0.2) is 24.7 Å². The topological polar surface area (TPSA) is 94.5 Å². The van der Waals surface area contributed by atoms with Crippen LogP contribution >= 0.6 is 0 Å². The van der Waals surface area contributed by atoms with Gasteiger partial charge in [0.25, 0.3) is 0 Å².